The van der Waals surface area contributed by atoms with Gasteiger partial charge in [-0.1, -0.05) is 61.9 Å². The van der Waals surface area contributed by atoms with Crippen molar-refractivity contribution in [1.82, 2.24) is 14.9 Å². The lowest BCUT2D eigenvalue weighted by atomic mass is 9.99. The van der Waals surface area contributed by atoms with Crippen LogP contribution in [0.25, 0.3) is 10.6 Å². The molecule has 1 heterocycles. The van der Waals surface area contributed by atoms with Gasteiger partial charge in [0, 0.05) is 5.56 Å². The van der Waals surface area contributed by atoms with E-state index < -0.39 is 22.0 Å². The Bertz CT molecular complexity index is 1120. The highest BCUT2D eigenvalue weighted by Crippen LogP contribution is 2.26. The number of hydrogen-bond acceptors (Lipinski definition) is 7. The van der Waals surface area contributed by atoms with E-state index in [9.17, 15) is 13.2 Å². The molecule has 2 unspecified atom stereocenters. The molecule has 2 N–H and O–H groups in total. The zero-order valence-corrected chi connectivity index (χ0v) is 19.0. The molecule has 1 aromatic heterocycles. The van der Waals surface area contributed by atoms with E-state index in [2.05, 4.69) is 20.2 Å². The Hall–Kier alpha value is -2.82. The molecule has 10 heteroatoms. The first-order valence-electron chi connectivity index (χ1n) is 9.70. The highest BCUT2D eigenvalue weighted by Gasteiger charge is 2.30. The van der Waals surface area contributed by atoms with Crippen molar-refractivity contribution in [3.05, 3.63) is 54.6 Å². The number of nitrogens with one attached hydrogen (secondary N) is 2. The monoisotopic (exact) mass is 460 g/mol. The Kier molecular flexibility index (Phi) is 7.37. The molecule has 2 atom stereocenters. The molecule has 3 rings (SSSR count). The van der Waals surface area contributed by atoms with Gasteiger partial charge in [0.2, 0.25) is 21.1 Å². The third kappa shape index (κ3) is 5.66. The van der Waals surface area contributed by atoms with Crippen LogP contribution in [0.4, 0.5) is 5.13 Å². The Morgan fingerprint density at radius 3 is 2.39 bits per heavy atom. The summed E-state index contributed by atoms with van der Waals surface area (Å²) in [7, 11) is -2.41. The number of benzene rings is 2. The fourth-order valence-electron chi connectivity index (χ4n) is 2.81. The van der Waals surface area contributed by atoms with Crippen LogP contribution in [0.15, 0.2) is 59.5 Å². The van der Waals surface area contributed by atoms with Gasteiger partial charge in [0.05, 0.1) is 12.0 Å². The number of amides is 1. The highest BCUT2D eigenvalue weighted by atomic mass is 32.2. The summed E-state index contributed by atoms with van der Waals surface area (Å²) in [5, 5.41) is 11.8. The molecule has 2 aromatic carbocycles. The lowest BCUT2D eigenvalue weighted by Crippen LogP contribution is -2.47. The third-order valence-electron chi connectivity index (χ3n) is 4.82. The zero-order chi connectivity index (χ0) is 22.4. The molecule has 0 spiro atoms. The Morgan fingerprint density at radius 1 is 1.10 bits per heavy atom. The van der Waals surface area contributed by atoms with E-state index in [1.807, 2.05) is 44.2 Å². The van der Waals surface area contributed by atoms with Crippen LogP contribution >= 0.6 is 11.3 Å². The minimum absolute atomic E-state index is 0.0525. The largest absolute Gasteiger partial charge is 0.497 e. The van der Waals surface area contributed by atoms with E-state index in [1.165, 1.54) is 30.6 Å². The van der Waals surface area contributed by atoms with E-state index in [0.29, 0.717) is 22.3 Å². The van der Waals surface area contributed by atoms with Gasteiger partial charge >= 0.3 is 0 Å². The number of anilines is 1. The lowest BCUT2D eigenvalue weighted by molar-refractivity contribution is -0.118. The molecule has 0 bridgehead atoms. The van der Waals surface area contributed by atoms with Gasteiger partial charge < -0.3 is 4.74 Å². The molecule has 0 aliphatic heterocycles. The van der Waals surface area contributed by atoms with E-state index in [0.717, 1.165) is 5.56 Å². The average Bonchev–Trinajstić information content (AvgIpc) is 3.26. The molecule has 3 aromatic rings. The van der Waals surface area contributed by atoms with Crippen molar-refractivity contribution in [1.29, 1.82) is 0 Å². The Balaban J connectivity index is 1.77. The normalized spacial score (nSPS) is 13.4. The van der Waals surface area contributed by atoms with Gasteiger partial charge in [-0.05, 0) is 30.2 Å². The SMILES string of the molecule is CCC(C)C(NS(=O)(=O)c1ccc(OC)cc1)C(=O)Nc1nnc(-c2ccccc2)s1. The average molecular weight is 461 g/mol. The van der Waals surface area contributed by atoms with Crippen molar-refractivity contribution >= 4 is 32.4 Å². The van der Waals surface area contributed by atoms with Crippen molar-refractivity contribution in [2.75, 3.05) is 12.4 Å². The second-order valence-corrected chi connectivity index (χ2v) is 9.62. The molecule has 164 valence electrons. The van der Waals surface area contributed by atoms with Crippen LogP contribution in [0.5, 0.6) is 5.75 Å². The standard InChI is InChI=1S/C21H24N4O4S2/c1-4-14(2)18(25-31(27,28)17-12-10-16(29-3)11-13-17)19(26)22-21-24-23-20(30-21)15-8-6-5-7-9-15/h5-14,18,25H,4H2,1-3H3,(H,22,24,26). The van der Waals surface area contributed by atoms with Crippen molar-refractivity contribution in [3.8, 4) is 16.3 Å². The number of carbonyl (C=O) groups excluding carboxylic acids is 1. The molecule has 31 heavy (non-hydrogen) atoms. The van der Waals surface area contributed by atoms with E-state index in [-0.39, 0.29) is 10.8 Å². The summed E-state index contributed by atoms with van der Waals surface area (Å²) in [4.78, 5) is 13.0. The van der Waals surface area contributed by atoms with Crippen molar-refractivity contribution in [2.24, 2.45) is 5.92 Å². The fourth-order valence-corrected chi connectivity index (χ4v) is 4.86. The predicted molar refractivity (Wildman–Crippen MR) is 121 cm³/mol. The smallest absolute Gasteiger partial charge is 0.244 e. The molecule has 0 aliphatic rings. The number of sulfonamides is 1. The number of aromatic nitrogens is 2. The second kappa shape index (κ2) is 9.99. The van der Waals surface area contributed by atoms with Gasteiger partial charge in [-0.3, -0.25) is 10.1 Å². The zero-order valence-electron chi connectivity index (χ0n) is 17.4. The van der Waals surface area contributed by atoms with Gasteiger partial charge in [-0.2, -0.15) is 4.72 Å². The van der Waals surface area contributed by atoms with Gasteiger partial charge in [0.15, 0.2) is 0 Å². The van der Waals surface area contributed by atoms with E-state index >= 15 is 0 Å². The number of methoxy groups -OCH3 is 1. The summed E-state index contributed by atoms with van der Waals surface area (Å²) < 4.78 is 33.3. The first-order chi connectivity index (χ1) is 14.8. The van der Waals surface area contributed by atoms with Crippen LogP contribution in [0.3, 0.4) is 0 Å². The number of nitrogens with zero attached hydrogens (tertiary/aromatic N) is 2. The van der Waals surface area contributed by atoms with Gasteiger partial charge in [0.25, 0.3) is 0 Å². The molecule has 8 nitrogen and oxygen atoms in total. The predicted octanol–water partition coefficient (Wildman–Crippen LogP) is 3.55. The number of carbonyl (C=O) groups is 1. The molecular weight excluding hydrogens is 436 g/mol. The molecule has 0 saturated carbocycles. The minimum atomic E-state index is -3.91. The van der Waals surface area contributed by atoms with Crippen molar-refractivity contribution in [2.45, 2.75) is 31.2 Å². The highest BCUT2D eigenvalue weighted by molar-refractivity contribution is 7.89. The topological polar surface area (TPSA) is 110 Å². The van der Waals surface area contributed by atoms with Crippen molar-refractivity contribution < 1.29 is 17.9 Å². The fraction of sp³-hybridized carbons (Fsp3) is 0.286. The molecule has 1 amide bonds. The second-order valence-electron chi connectivity index (χ2n) is 6.93. The first-order valence-corrected chi connectivity index (χ1v) is 12.0. The van der Waals surface area contributed by atoms with Crippen LogP contribution in [0.1, 0.15) is 20.3 Å². The van der Waals surface area contributed by atoms with Crippen molar-refractivity contribution in [3.63, 3.8) is 0 Å². The minimum Gasteiger partial charge on any atom is -0.497 e. The van der Waals surface area contributed by atoms with Crippen LogP contribution < -0.4 is 14.8 Å². The van der Waals surface area contributed by atoms with Gasteiger partial charge in [-0.15, -0.1) is 10.2 Å². The third-order valence-corrected chi connectivity index (χ3v) is 7.17. The molecule has 0 aliphatic carbocycles. The lowest BCUT2D eigenvalue weighted by Gasteiger charge is -2.22. The Labute approximate surface area is 185 Å². The Morgan fingerprint density at radius 2 is 1.77 bits per heavy atom. The summed E-state index contributed by atoms with van der Waals surface area (Å²) in [5.41, 5.74) is 0.888. The van der Waals surface area contributed by atoms with Gasteiger partial charge in [0.1, 0.15) is 16.8 Å². The summed E-state index contributed by atoms with van der Waals surface area (Å²) in [6, 6.07) is 14.5. The number of hydrogen-bond donors (Lipinski definition) is 2. The summed E-state index contributed by atoms with van der Waals surface area (Å²) in [6.45, 7) is 3.71. The molecule has 0 fully saturated rings. The summed E-state index contributed by atoms with van der Waals surface area (Å²) in [5.74, 6) is -0.183. The quantitative estimate of drug-likeness (QED) is 0.505. The first kappa shape index (κ1) is 22.9. The van der Waals surface area contributed by atoms with Gasteiger partial charge in [-0.25, -0.2) is 8.42 Å². The summed E-state index contributed by atoms with van der Waals surface area (Å²) in [6.07, 6.45) is 0.606. The maximum atomic E-state index is 12.9. The van der Waals surface area contributed by atoms with Crippen LogP contribution in [0, 0.1) is 5.92 Å². The molecular formula is C21H24N4O4S2. The van der Waals surface area contributed by atoms with Crippen LogP contribution in [0.2, 0.25) is 0 Å². The van der Waals surface area contributed by atoms with E-state index in [4.69, 9.17) is 4.74 Å². The van der Waals surface area contributed by atoms with E-state index in [1.54, 1.807) is 12.1 Å². The van der Waals surface area contributed by atoms with Crippen LogP contribution in [-0.2, 0) is 14.8 Å². The van der Waals surface area contributed by atoms with Crippen LogP contribution in [-0.4, -0.2) is 37.7 Å². The molecule has 0 saturated heterocycles. The molecule has 0 radical (unpaired) electrons. The number of ether oxygens (including phenoxy) is 1. The maximum Gasteiger partial charge on any atom is 0.244 e. The summed E-state index contributed by atoms with van der Waals surface area (Å²) >= 11 is 1.22. The number of rotatable bonds is 9. The maximum absolute atomic E-state index is 12.9.